The standard InChI is InChI=1S/C29H38O6S/c1-6-7-8-11-14-22-18-36-25(21(22)4)16-20(3)28(32)27-23(30)17-24(35-29(27)33)19(2)13-10-9-12-15-26(31)34-5/h9,12,16-19,30H,6-8,10-11,13-15H2,1-5H3. The minimum Gasteiger partial charge on any atom is -0.507 e. The van der Waals surface area contributed by atoms with E-state index in [1.54, 1.807) is 30.4 Å². The number of hydrogen-bond donors (Lipinski definition) is 1. The van der Waals surface area contributed by atoms with E-state index in [0.717, 1.165) is 23.3 Å². The fourth-order valence-electron chi connectivity index (χ4n) is 3.88. The Morgan fingerprint density at radius 1 is 1.22 bits per heavy atom. The van der Waals surface area contributed by atoms with Crippen molar-refractivity contribution < 1.29 is 23.8 Å². The number of hydrogen-bond acceptors (Lipinski definition) is 7. The minimum absolute atomic E-state index is 0.156. The monoisotopic (exact) mass is 514 g/mol. The van der Waals surface area contributed by atoms with Gasteiger partial charge in [0, 0.05) is 16.9 Å². The van der Waals surface area contributed by atoms with Crippen LogP contribution in [0.25, 0.3) is 6.08 Å². The van der Waals surface area contributed by atoms with Crippen LogP contribution in [-0.4, -0.2) is 24.0 Å². The lowest BCUT2D eigenvalue weighted by atomic mass is 9.99. The van der Waals surface area contributed by atoms with Crippen molar-refractivity contribution in [3.8, 4) is 5.75 Å². The highest BCUT2D eigenvalue weighted by Gasteiger charge is 2.22. The van der Waals surface area contributed by atoms with Crippen molar-refractivity contribution in [3.05, 3.63) is 66.9 Å². The molecule has 1 atom stereocenters. The number of thiophene rings is 1. The Morgan fingerprint density at radius 2 is 1.97 bits per heavy atom. The molecule has 36 heavy (non-hydrogen) atoms. The number of Topliss-reactive ketones (excluding diaryl/α,β-unsaturated/α-hetero) is 1. The molecule has 0 radical (unpaired) electrons. The molecular weight excluding hydrogens is 476 g/mol. The van der Waals surface area contributed by atoms with E-state index in [4.69, 9.17) is 4.42 Å². The first kappa shape index (κ1) is 29.3. The summed E-state index contributed by atoms with van der Waals surface area (Å²) < 4.78 is 10.0. The molecule has 0 aliphatic heterocycles. The van der Waals surface area contributed by atoms with E-state index < -0.39 is 11.4 Å². The summed E-state index contributed by atoms with van der Waals surface area (Å²) in [5.41, 5.74) is 1.65. The highest BCUT2D eigenvalue weighted by molar-refractivity contribution is 7.11. The van der Waals surface area contributed by atoms with Gasteiger partial charge < -0.3 is 14.3 Å². The maximum Gasteiger partial charge on any atom is 0.351 e. The van der Waals surface area contributed by atoms with Crippen LogP contribution in [0, 0.1) is 6.92 Å². The number of ketones is 1. The summed E-state index contributed by atoms with van der Waals surface area (Å²) in [6.07, 6.45) is 12.7. The number of aromatic hydroxyl groups is 1. The van der Waals surface area contributed by atoms with Crippen molar-refractivity contribution in [2.75, 3.05) is 7.11 Å². The topological polar surface area (TPSA) is 93.8 Å². The Labute approximate surface area is 217 Å². The van der Waals surface area contributed by atoms with E-state index in [0.29, 0.717) is 24.2 Å². The maximum atomic E-state index is 13.0. The minimum atomic E-state index is -0.838. The molecule has 2 rings (SSSR count). The molecule has 2 aromatic rings. The van der Waals surface area contributed by atoms with E-state index in [1.807, 2.05) is 13.0 Å². The molecule has 7 heteroatoms. The molecule has 1 unspecified atom stereocenters. The molecule has 6 nitrogen and oxygen atoms in total. The Kier molecular flexibility index (Phi) is 11.9. The Morgan fingerprint density at radius 3 is 2.64 bits per heavy atom. The molecular formula is C29H38O6S. The molecule has 0 saturated heterocycles. The molecule has 1 N–H and O–H groups in total. The SMILES string of the molecule is CCCCCCc1csc(C=C(C)C(=O)c2c(O)cc(C(C)CCC=CCC(=O)OC)oc2=O)c1C. The summed E-state index contributed by atoms with van der Waals surface area (Å²) in [5, 5.41) is 12.7. The van der Waals surface area contributed by atoms with Gasteiger partial charge in [-0.15, -0.1) is 11.3 Å². The Hall–Kier alpha value is -2.93. The van der Waals surface area contributed by atoms with Crippen LogP contribution in [0.2, 0.25) is 0 Å². The number of methoxy groups -OCH3 is 1. The molecule has 0 spiro atoms. The van der Waals surface area contributed by atoms with E-state index >= 15 is 0 Å². The van der Waals surface area contributed by atoms with E-state index in [2.05, 4.69) is 24.0 Å². The van der Waals surface area contributed by atoms with Crippen LogP contribution in [0.4, 0.5) is 0 Å². The lowest BCUT2D eigenvalue weighted by Crippen LogP contribution is -2.16. The van der Waals surface area contributed by atoms with Gasteiger partial charge in [0.15, 0.2) is 5.78 Å². The first-order valence-electron chi connectivity index (χ1n) is 12.6. The molecule has 0 bridgehead atoms. The summed E-state index contributed by atoms with van der Waals surface area (Å²) in [5.74, 6) is -1.05. The second-order valence-electron chi connectivity index (χ2n) is 9.14. The first-order valence-corrected chi connectivity index (χ1v) is 13.5. The summed E-state index contributed by atoms with van der Waals surface area (Å²) in [6.45, 7) is 7.78. The number of esters is 1. The number of rotatable bonds is 14. The molecule has 0 aromatic carbocycles. The largest absolute Gasteiger partial charge is 0.507 e. The molecule has 2 heterocycles. The molecule has 0 aliphatic carbocycles. The van der Waals surface area contributed by atoms with Gasteiger partial charge in [-0.2, -0.15) is 0 Å². The third kappa shape index (κ3) is 8.33. The average molecular weight is 515 g/mol. The maximum absolute atomic E-state index is 13.0. The molecule has 2 aromatic heterocycles. The quantitative estimate of drug-likeness (QED) is 0.0948. The third-order valence-corrected chi connectivity index (χ3v) is 7.37. The average Bonchev–Trinajstić information content (AvgIpc) is 3.19. The van der Waals surface area contributed by atoms with Crippen LogP contribution in [-0.2, 0) is 16.0 Å². The zero-order valence-corrected chi connectivity index (χ0v) is 22.8. The van der Waals surface area contributed by atoms with Gasteiger partial charge in [-0.1, -0.05) is 45.3 Å². The van der Waals surface area contributed by atoms with Gasteiger partial charge in [-0.05, 0) is 67.7 Å². The summed E-state index contributed by atoms with van der Waals surface area (Å²) in [4.78, 5) is 37.8. The second-order valence-corrected chi connectivity index (χ2v) is 10.1. The van der Waals surface area contributed by atoms with Crippen molar-refractivity contribution in [3.63, 3.8) is 0 Å². The van der Waals surface area contributed by atoms with Crippen LogP contribution in [0.5, 0.6) is 5.75 Å². The van der Waals surface area contributed by atoms with E-state index in [9.17, 15) is 19.5 Å². The van der Waals surface area contributed by atoms with Crippen molar-refractivity contribution in [2.45, 2.75) is 85.0 Å². The van der Waals surface area contributed by atoms with Crippen LogP contribution < -0.4 is 5.63 Å². The summed E-state index contributed by atoms with van der Waals surface area (Å²) >= 11 is 1.59. The normalized spacial score (nSPS) is 12.8. The predicted molar refractivity (Wildman–Crippen MR) is 145 cm³/mol. The predicted octanol–water partition coefficient (Wildman–Crippen LogP) is 7.13. The second kappa shape index (κ2) is 14.6. The number of carbonyl (C=O) groups is 2. The summed E-state index contributed by atoms with van der Waals surface area (Å²) in [6, 6.07) is 1.36. The van der Waals surface area contributed by atoms with Crippen LogP contribution in [0.3, 0.4) is 0 Å². The lowest BCUT2D eigenvalue weighted by Gasteiger charge is -2.11. The van der Waals surface area contributed by atoms with Crippen molar-refractivity contribution >= 4 is 29.2 Å². The lowest BCUT2D eigenvalue weighted by molar-refractivity contribution is -0.139. The highest BCUT2D eigenvalue weighted by Crippen LogP contribution is 2.29. The van der Waals surface area contributed by atoms with Crippen LogP contribution in [0.1, 0.15) is 104 Å². The molecule has 0 amide bonds. The number of ether oxygens (including phenoxy) is 1. The van der Waals surface area contributed by atoms with Gasteiger partial charge in [0.2, 0.25) is 0 Å². The zero-order valence-electron chi connectivity index (χ0n) is 22.0. The van der Waals surface area contributed by atoms with Crippen molar-refractivity contribution in [1.82, 2.24) is 0 Å². The van der Waals surface area contributed by atoms with Crippen molar-refractivity contribution in [1.29, 1.82) is 0 Å². The van der Waals surface area contributed by atoms with E-state index in [-0.39, 0.29) is 29.6 Å². The van der Waals surface area contributed by atoms with Gasteiger partial charge in [0.05, 0.1) is 13.5 Å². The van der Waals surface area contributed by atoms with Gasteiger partial charge >= 0.3 is 11.6 Å². The molecule has 0 aliphatic rings. The van der Waals surface area contributed by atoms with Crippen LogP contribution >= 0.6 is 11.3 Å². The third-order valence-electron chi connectivity index (χ3n) is 6.29. The van der Waals surface area contributed by atoms with E-state index in [1.165, 1.54) is 38.0 Å². The van der Waals surface area contributed by atoms with Gasteiger partial charge in [-0.3, -0.25) is 9.59 Å². The number of unbranched alkanes of at least 4 members (excludes halogenated alkanes) is 3. The van der Waals surface area contributed by atoms with Gasteiger partial charge in [-0.25, -0.2) is 4.79 Å². The fourth-order valence-corrected chi connectivity index (χ4v) is 5.00. The smallest absolute Gasteiger partial charge is 0.351 e. The summed E-state index contributed by atoms with van der Waals surface area (Å²) in [7, 11) is 1.34. The number of carbonyl (C=O) groups excluding carboxylic acids is 2. The van der Waals surface area contributed by atoms with Crippen LogP contribution in [0.15, 0.2) is 38.4 Å². The van der Waals surface area contributed by atoms with Gasteiger partial charge in [0.25, 0.3) is 0 Å². The molecule has 196 valence electrons. The number of aryl methyl sites for hydroxylation is 1. The molecule has 0 fully saturated rings. The van der Waals surface area contributed by atoms with Gasteiger partial charge in [0.1, 0.15) is 17.1 Å². The van der Waals surface area contributed by atoms with Crippen molar-refractivity contribution in [2.24, 2.45) is 0 Å². The molecule has 0 saturated carbocycles. The number of allylic oxidation sites excluding steroid dienone is 2. The fraction of sp³-hybridized carbons (Fsp3) is 0.483. The Bertz CT molecular complexity index is 1150. The highest BCUT2D eigenvalue weighted by atomic mass is 32.1. The Balaban J connectivity index is 2.10. The zero-order chi connectivity index (χ0) is 26.7. The first-order chi connectivity index (χ1) is 17.2.